The third kappa shape index (κ3) is 2.80. The Bertz CT molecular complexity index is 448. The van der Waals surface area contributed by atoms with Crippen LogP contribution in [0.3, 0.4) is 0 Å². The molecule has 0 aromatic heterocycles. The van der Waals surface area contributed by atoms with E-state index in [1.807, 2.05) is 24.3 Å². The van der Waals surface area contributed by atoms with Crippen LogP contribution in [0, 0.1) is 5.41 Å². The lowest BCUT2D eigenvalue weighted by Gasteiger charge is -2.28. The van der Waals surface area contributed by atoms with E-state index in [0.29, 0.717) is 12.4 Å². The standard InChI is InChI=1S/C15H22N2O2/c1-3-4-5-8-11-19-15(18-2)13-10-7-6-9-12(13)14(16)17-15/h6-7,9-10H,3-5,8,11H2,1-2H3,(H2,16,17). The van der Waals surface area contributed by atoms with Crippen LogP contribution in [0.4, 0.5) is 0 Å². The van der Waals surface area contributed by atoms with Crippen LogP contribution in [-0.4, -0.2) is 19.6 Å². The van der Waals surface area contributed by atoms with Gasteiger partial charge in [0, 0.05) is 18.2 Å². The van der Waals surface area contributed by atoms with Gasteiger partial charge in [-0.2, -0.15) is 0 Å². The van der Waals surface area contributed by atoms with Crippen LogP contribution in [0.15, 0.2) is 24.3 Å². The number of nitrogens with one attached hydrogen (secondary N) is 2. The van der Waals surface area contributed by atoms with Crippen molar-refractivity contribution in [2.45, 2.75) is 38.5 Å². The maximum atomic E-state index is 7.96. The molecule has 0 bridgehead atoms. The monoisotopic (exact) mass is 262 g/mol. The molecule has 4 heteroatoms. The van der Waals surface area contributed by atoms with Crippen molar-refractivity contribution in [3.63, 3.8) is 0 Å². The molecular formula is C15H22N2O2. The molecule has 19 heavy (non-hydrogen) atoms. The van der Waals surface area contributed by atoms with Gasteiger partial charge in [0.1, 0.15) is 5.84 Å². The lowest BCUT2D eigenvalue weighted by atomic mass is 10.1. The molecule has 1 aliphatic heterocycles. The largest absolute Gasteiger partial charge is 0.332 e. The van der Waals surface area contributed by atoms with Gasteiger partial charge in [0.05, 0.1) is 6.61 Å². The Labute approximate surface area is 114 Å². The number of amidine groups is 1. The Hall–Kier alpha value is -1.39. The van der Waals surface area contributed by atoms with E-state index in [1.165, 1.54) is 12.8 Å². The number of ether oxygens (including phenoxy) is 2. The van der Waals surface area contributed by atoms with Gasteiger partial charge in [-0.05, 0) is 6.42 Å². The fourth-order valence-electron chi connectivity index (χ4n) is 2.37. The molecule has 4 nitrogen and oxygen atoms in total. The molecule has 1 heterocycles. The molecule has 0 fully saturated rings. The topological polar surface area (TPSA) is 54.3 Å². The van der Waals surface area contributed by atoms with Crippen LogP contribution in [0.1, 0.15) is 43.7 Å². The molecule has 1 aromatic carbocycles. The smallest absolute Gasteiger partial charge is 0.279 e. The van der Waals surface area contributed by atoms with E-state index in [2.05, 4.69) is 12.2 Å². The zero-order chi connectivity index (χ0) is 13.7. The first-order valence-corrected chi connectivity index (χ1v) is 6.89. The quantitative estimate of drug-likeness (QED) is 0.586. The van der Waals surface area contributed by atoms with Gasteiger partial charge in [0.25, 0.3) is 5.91 Å². The maximum absolute atomic E-state index is 7.96. The van der Waals surface area contributed by atoms with Gasteiger partial charge in [-0.15, -0.1) is 0 Å². The third-order valence-electron chi connectivity index (χ3n) is 3.43. The van der Waals surface area contributed by atoms with E-state index in [4.69, 9.17) is 14.9 Å². The lowest BCUT2D eigenvalue weighted by molar-refractivity contribution is -0.240. The second-order valence-corrected chi connectivity index (χ2v) is 4.78. The number of hydrogen-bond donors (Lipinski definition) is 2. The van der Waals surface area contributed by atoms with Crippen LogP contribution in [0.25, 0.3) is 0 Å². The minimum Gasteiger partial charge on any atom is -0.332 e. The second kappa shape index (κ2) is 6.17. The van der Waals surface area contributed by atoms with E-state index in [0.717, 1.165) is 24.0 Å². The van der Waals surface area contributed by atoms with Crippen molar-refractivity contribution in [3.05, 3.63) is 35.4 Å². The van der Waals surface area contributed by atoms with Gasteiger partial charge in [0.2, 0.25) is 0 Å². The molecule has 1 aliphatic rings. The highest BCUT2D eigenvalue weighted by molar-refractivity contribution is 6.01. The molecule has 0 radical (unpaired) electrons. The van der Waals surface area contributed by atoms with E-state index in [9.17, 15) is 0 Å². The number of rotatable bonds is 7. The first-order valence-electron chi connectivity index (χ1n) is 6.89. The minimum atomic E-state index is -0.986. The highest BCUT2D eigenvalue weighted by Gasteiger charge is 2.42. The summed E-state index contributed by atoms with van der Waals surface area (Å²) in [6, 6.07) is 7.71. The molecule has 0 aliphatic carbocycles. The van der Waals surface area contributed by atoms with Gasteiger partial charge >= 0.3 is 0 Å². The highest BCUT2D eigenvalue weighted by atomic mass is 16.7. The van der Waals surface area contributed by atoms with Crippen molar-refractivity contribution in [3.8, 4) is 0 Å². The van der Waals surface area contributed by atoms with Gasteiger partial charge in [-0.25, -0.2) is 0 Å². The molecule has 0 amide bonds. The van der Waals surface area contributed by atoms with Crippen molar-refractivity contribution < 1.29 is 9.47 Å². The van der Waals surface area contributed by atoms with Crippen LogP contribution >= 0.6 is 0 Å². The van der Waals surface area contributed by atoms with Crippen molar-refractivity contribution in [2.75, 3.05) is 13.7 Å². The van der Waals surface area contributed by atoms with Crippen molar-refractivity contribution in [1.29, 1.82) is 5.41 Å². The summed E-state index contributed by atoms with van der Waals surface area (Å²) in [7, 11) is 1.61. The zero-order valence-corrected chi connectivity index (χ0v) is 11.7. The minimum absolute atomic E-state index is 0.353. The molecule has 0 saturated heterocycles. The number of fused-ring (bicyclic) bond motifs is 1. The summed E-state index contributed by atoms with van der Waals surface area (Å²) in [5.41, 5.74) is 1.73. The Kier molecular flexibility index (Phi) is 4.56. The summed E-state index contributed by atoms with van der Waals surface area (Å²) < 4.78 is 11.4. The molecule has 1 atom stereocenters. The Morgan fingerprint density at radius 2 is 2.00 bits per heavy atom. The van der Waals surface area contributed by atoms with Gasteiger partial charge < -0.3 is 14.8 Å². The van der Waals surface area contributed by atoms with Gasteiger partial charge in [-0.1, -0.05) is 50.5 Å². The first kappa shape index (κ1) is 14.0. The molecule has 2 N–H and O–H groups in total. The molecule has 0 spiro atoms. The van der Waals surface area contributed by atoms with Crippen molar-refractivity contribution in [2.24, 2.45) is 0 Å². The van der Waals surface area contributed by atoms with E-state index in [-0.39, 0.29) is 0 Å². The lowest BCUT2D eigenvalue weighted by Crippen LogP contribution is -2.43. The highest BCUT2D eigenvalue weighted by Crippen LogP contribution is 2.32. The number of unbranched alkanes of at least 4 members (excludes halogenated alkanes) is 3. The van der Waals surface area contributed by atoms with E-state index in [1.54, 1.807) is 7.11 Å². The van der Waals surface area contributed by atoms with Gasteiger partial charge in [0.15, 0.2) is 0 Å². The first-order chi connectivity index (χ1) is 9.23. The predicted octanol–water partition coefficient (Wildman–Crippen LogP) is 2.97. The Morgan fingerprint density at radius 3 is 2.74 bits per heavy atom. The van der Waals surface area contributed by atoms with Crippen molar-refractivity contribution >= 4 is 5.84 Å². The Balaban J connectivity index is 2.05. The molecule has 0 saturated carbocycles. The van der Waals surface area contributed by atoms with Crippen LogP contribution in [0.2, 0.25) is 0 Å². The van der Waals surface area contributed by atoms with Crippen LogP contribution < -0.4 is 5.32 Å². The number of benzene rings is 1. The zero-order valence-electron chi connectivity index (χ0n) is 11.7. The molecular weight excluding hydrogens is 240 g/mol. The summed E-state index contributed by atoms with van der Waals surface area (Å²) in [6.07, 6.45) is 4.61. The molecule has 1 aromatic rings. The predicted molar refractivity (Wildman–Crippen MR) is 75.2 cm³/mol. The van der Waals surface area contributed by atoms with Crippen molar-refractivity contribution in [1.82, 2.24) is 5.32 Å². The van der Waals surface area contributed by atoms with E-state index < -0.39 is 5.91 Å². The second-order valence-electron chi connectivity index (χ2n) is 4.78. The summed E-state index contributed by atoms with van der Waals surface area (Å²) in [5.74, 6) is -0.633. The average Bonchev–Trinajstić information content (AvgIpc) is 2.73. The third-order valence-corrected chi connectivity index (χ3v) is 3.43. The van der Waals surface area contributed by atoms with Gasteiger partial charge in [-0.3, -0.25) is 5.41 Å². The maximum Gasteiger partial charge on any atom is 0.279 e. The number of methoxy groups -OCH3 is 1. The summed E-state index contributed by atoms with van der Waals surface area (Å²) in [4.78, 5) is 0. The molecule has 104 valence electrons. The van der Waals surface area contributed by atoms with Crippen LogP contribution in [-0.2, 0) is 15.4 Å². The Morgan fingerprint density at radius 1 is 1.21 bits per heavy atom. The number of hydrogen-bond acceptors (Lipinski definition) is 3. The fraction of sp³-hybridized carbons (Fsp3) is 0.533. The summed E-state index contributed by atoms with van der Waals surface area (Å²) in [6.45, 7) is 2.82. The average molecular weight is 262 g/mol. The van der Waals surface area contributed by atoms with E-state index >= 15 is 0 Å². The summed E-state index contributed by atoms with van der Waals surface area (Å²) in [5, 5.41) is 11.0. The summed E-state index contributed by atoms with van der Waals surface area (Å²) >= 11 is 0. The fourth-order valence-corrected chi connectivity index (χ4v) is 2.37. The van der Waals surface area contributed by atoms with Crippen LogP contribution in [0.5, 0.6) is 0 Å². The molecule has 2 rings (SSSR count). The molecule has 1 unspecified atom stereocenters. The SMILES string of the molecule is CCCCCCOC1(OC)NC(=N)c2ccccc21. The normalized spacial score (nSPS) is 21.3.